The van der Waals surface area contributed by atoms with Crippen molar-refractivity contribution in [1.29, 1.82) is 0 Å². The number of carbonyl (C=O) groups is 1. The number of rotatable bonds is 4. The predicted molar refractivity (Wildman–Crippen MR) is 90.3 cm³/mol. The summed E-state index contributed by atoms with van der Waals surface area (Å²) >= 11 is 11.1. The molecular weight excluding hydrogens is 304 g/mol. The van der Waals surface area contributed by atoms with Crippen LogP contribution in [0.4, 0.5) is 0 Å². The minimum absolute atomic E-state index is 0.0370. The van der Waals surface area contributed by atoms with Crippen LogP contribution in [0.15, 0.2) is 24.3 Å². The zero-order chi connectivity index (χ0) is 15.6. The number of nitrogens with zero attached hydrogens (tertiary/aromatic N) is 1. The molecule has 1 aromatic rings. The van der Waals surface area contributed by atoms with Gasteiger partial charge in [-0.15, -0.1) is 0 Å². The van der Waals surface area contributed by atoms with Gasteiger partial charge in [-0.05, 0) is 37.5 Å². The molecule has 1 amide bonds. The summed E-state index contributed by atoms with van der Waals surface area (Å²) in [4.78, 5) is 15.0. The van der Waals surface area contributed by atoms with Crippen molar-refractivity contribution in [2.75, 3.05) is 7.05 Å². The molecule has 1 fully saturated rings. The van der Waals surface area contributed by atoms with Gasteiger partial charge in [0.15, 0.2) is 0 Å². The van der Waals surface area contributed by atoms with Gasteiger partial charge in [0.25, 0.3) is 0 Å². The Bertz CT molecular complexity index is 538. The first kappa shape index (κ1) is 16.2. The van der Waals surface area contributed by atoms with E-state index in [2.05, 4.69) is 0 Å². The van der Waals surface area contributed by atoms with E-state index in [9.17, 15) is 4.79 Å². The molecule has 1 aliphatic rings. The maximum Gasteiger partial charge on any atom is 0.235 e. The summed E-state index contributed by atoms with van der Waals surface area (Å²) in [5, 5.41) is 0.690. The normalized spacial score (nSPS) is 18.2. The highest BCUT2D eigenvalue weighted by Crippen LogP contribution is 2.41. The van der Waals surface area contributed by atoms with Crippen LogP contribution in [0, 0.1) is 5.41 Å². The Morgan fingerprint density at radius 2 is 1.86 bits per heavy atom. The zero-order valence-corrected chi connectivity index (χ0v) is 14.0. The highest BCUT2D eigenvalue weighted by Gasteiger charge is 2.46. The zero-order valence-electron chi connectivity index (χ0n) is 12.4. The van der Waals surface area contributed by atoms with E-state index in [1.54, 1.807) is 4.90 Å². The average molecular weight is 325 g/mol. The van der Waals surface area contributed by atoms with Crippen LogP contribution in [0.3, 0.4) is 0 Å². The Labute approximate surface area is 136 Å². The second kappa shape index (κ2) is 6.32. The van der Waals surface area contributed by atoms with Gasteiger partial charge in [-0.3, -0.25) is 4.79 Å². The lowest BCUT2D eigenvalue weighted by atomic mass is 9.84. The standard InChI is InChI=1S/C16H21ClN2OS/c1-11(12-5-7-13(17)8-6-12)19(2)15(20)16(14(18)21)9-3-4-10-16/h5-8,11H,3-4,9-10H2,1-2H3,(H2,18,21). The number of benzene rings is 1. The number of nitrogens with two attached hydrogens (primary N) is 1. The molecule has 1 saturated carbocycles. The molecule has 1 atom stereocenters. The molecule has 5 heteroatoms. The fourth-order valence-electron chi connectivity index (χ4n) is 3.02. The number of hydrogen-bond acceptors (Lipinski definition) is 2. The quantitative estimate of drug-likeness (QED) is 0.859. The van der Waals surface area contributed by atoms with Crippen molar-refractivity contribution in [2.24, 2.45) is 11.1 Å². The summed E-state index contributed by atoms with van der Waals surface area (Å²) < 4.78 is 0. The van der Waals surface area contributed by atoms with Gasteiger partial charge >= 0.3 is 0 Å². The summed E-state index contributed by atoms with van der Waals surface area (Å²) in [6.45, 7) is 2.00. The highest BCUT2D eigenvalue weighted by molar-refractivity contribution is 7.80. The lowest BCUT2D eigenvalue weighted by molar-refractivity contribution is -0.138. The fraction of sp³-hybridized carbons (Fsp3) is 0.500. The van der Waals surface area contributed by atoms with Crippen LogP contribution in [0.1, 0.15) is 44.2 Å². The van der Waals surface area contributed by atoms with E-state index in [1.165, 1.54) is 0 Å². The summed E-state index contributed by atoms with van der Waals surface area (Å²) in [6.07, 6.45) is 3.54. The van der Waals surface area contributed by atoms with Crippen molar-refractivity contribution >= 4 is 34.7 Å². The van der Waals surface area contributed by atoms with Crippen molar-refractivity contribution in [3.8, 4) is 0 Å². The maximum absolute atomic E-state index is 12.9. The first-order valence-corrected chi connectivity index (χ1v) is 8.00. The van der Waals surface area contributed by atoms with Crippen molar-refractivity contribution in [1.82, 2.24) is 4.90 Å². The third-order valence-corrected chi connectivity index (χ3v) is 5.23. The second-order valence-electron chi connectivity index (χ2n) is 5.80. The van der Waals surface area contributed by atoms with E-state index in [1.807, 2.05) is 38.2 Å². The van der Waals surface area contributed by atoms with Crippen LogP contribution in [-0.4, -0.2) is 22.8 Å². The molecule has 0 heterocycles. The summed E-state index contributed by atoms with van der Waals surface area (Å²) in [5.41, 5.74) is 6.30. The molecule has 0 aromatic heterocycles. The number of thiocarbonyl (C=S) groups is 1. The number of amides is 1. The Morgan fingerprint density at radius 1 is 1.33 bits per heavy atom. The van der Waals surface area contributed by atoms with Crippen LogP contribution < -0.4 is 5.73 Å². The second-order valence-corrected chi connectivity index (χ2v) is 6.67. The highest BCUT2D eigenvalue weighted by atomic mass is 35.5. The molecule has 2 rings (SSSR count). The van der Waals surface area contributed by atoms with Crippen LogP contribution in [0.5, 0.6) is 0 Å². The van der Waals surface area contributed by atoms with Crippen molar-refractivity contribution < 1.29 is 4.79 Å². The van der Waals surface area contributed by atoms with Gasteiger partial charge in [-0.2, -0.15) is 0 Å². The smallest absolute Gasteiger partial charge is 0.235 e. The van der Waals surface area contributed by atoms with Crippen molar-refractivity contribution in [3.05, 3.63) is 34.9 Å². The molecule has 3 nitrogen and oxygen atoms in total. The summed E-state index contributed by atoms with van der Waals surface area (Å²) in [7, 11) is 1.82. The third kappa shape index (κ3) is 3.06. The topological polar surface area (TPSA) is 46.3 Å². The monoisotopic (exact) mass is 324 g/mol. The number of halogens is 1. The maximum atomic E-state index is 12.9. The van der Waals surface area contributed by atoms with Crippen LogP contribution in [0.2, 0.25) is 5.02 Å². The molecule has 1 unspecified atom stereocenters. The van der Waals surface area contributed by atoms with E-state index in [0.29, 0.717) is 10.0 Å². The Kier molecular flexibility index (Phi) is 4.89. The molecule has 0 radical (unpaired) electrons. The SMILES string of the molecule is CC(c1ccc(Cl)cc1)N(C)C(=O)C1(C(N)=S)CCCC1. The van der Waals surface area contributed by atoms with Crippen molar-refractivity contribution in [2.45, 2.75) is 38.6 Å². The van der Waals surface area contributed by atoms with E-state index < -0.39 is 5.41 Å². The Morgan fingerprint density at radius 3 is 2.33 bits per heavy atom. The van der Waals surface area contributed by atoms with Gasteiger partial charge in [0, 0.05) is 12.1 Å². The third-order valence-electron chi connectivity index (χ3n) is 4.59. The molecule has 0 bridgehead atoms. The Balaban J connectivity index is 2.22. The predicted octanol–water partition coefficient (Wildman–Crippen LogP) is 3.71. The van der Waals surface area contributed by atoms with Crippen LogP contribution in [-0.2, 0) is 4.79 Å². The summed E-state index contributed by atoms with van der Waals surface area (Å²) in [5.74, 6) is 0.0370. The first-order valence-electron chi connectivity index (χ1n) is 7.21. The molecule has 21 heavy (non-hydrogen) atoms. The molecule has 2 N–H and O–H groups in total. The van der Waals surface area contributed by atoms with Crippen LogP contribution >= 0.6 is 23.8 Å². The van der Waals surface area contributed by atoms with E-state index in [0.717, 1.165) is 31.2 Å². The van der Waals surface area contributed by atoms with E-state index in [4.69, 9.17) is 29.6 Å². The lowest BCUT2D eigenvalue weighted by Gasteiger charge is -2.35. The molecular formula is C16H21ClN2OS. The van der Waals surface area contributed by atoms with Gasteiger partial charge in [0.2, 0.25) is 5.91 Å². The molecule has 1 aromatic carbocycles. The molecule has 1 aliphatic carbocycles. The Hall–Kier alpha value is -1.13. The summed E-state index contributed by atoms with van der Waals surface area (Å²) in [6, 6.07) is 7.52. The van der Waals surface area contributed by atoms with Gasteiger partial charge < -0.3 is 10.6 Å². The number of hydrogen-bond donors (Lipinski definition) is 1. The van der Waals surface area contributed by atoms with Gasteiger partial charge in [-0.1, -0.05) is 48.8 Å². The van der Waals surface area contributed by atoms with Gasteiger partial charge in [0.05, 0.1) is 16.4 Å². The van der Waals surface area contributed by atoms with Crippen LogP contribution in [0.25, 0.3) is 0 Å². The molecule has 114 valence electrons. The molecule has 0 aliphatic heterocycles. The molecule has 0 spiro atoms. The first-order chi connectivity index (χ1) is 9.88. The van der Waals surface area contributed by atoms with E-state index in [-0.39, 0.29) is 11.9 Å². The van der Waals surface area contributed by atoms with Gasteiger partial charge in [0.1, 0.15) is 0 Å². The fourth-order valence-corrected chi connectivity index (χ4v) is 3.44. The number of carbonyl (C=O) groups excluding carboxylic acids is 1. The minimum Gasteiger partial charge on any atom is -0.392 e. The van der Waals surface area contributed by atoms with Gasteiger partial charge in [-0.25, -0.2) is 0 Å². The largest absolute Gasteiger partial charge is 0.392 e. The minimum atomic E-state index is -0.648. The lowest BCUT2D eigenvalue weighted by Crippen LogP contribution is -2.48. The average Bonchev–Trinajstić information content (AvgIpc) is 2.96. The van der Waals surface area contributed by atoms with E-state index >= 15 is 0 Å². The van der Waals surface area contributed by atoms with Crippen molar-refractivity contribution in [3.63, 3.8) is 0 Å². The molecule has 0 saturated heterocycles.